The smallest absolute Gasteiger partial charge is 0.229 e. The van der Waals surface area contributed by atoms with Gasteiger partial charge in [0.05, 0.1) is 39.6 Å². The molecule has 15 nitrogen and oxygen atoms in total. The van der Waals surface area contributed by atoms with Gasteiger partial charge in [0.1, 0.15) is 53.0 Å². The van der Waals surface area contributed by atoms with Crippen molar-refractivity contribution in [3.63, 3.8) is 0 Å². The molecule has 2 aliphatic heterocycles. The first-order valence-corrected chi connectivity index (χ1v) is 13.1. The molecule has 3 heterocycles. The van der Waals surface area contributed by atoms with Gasteiger partial charge in [-0.1, -0.05) is 12.1 Å². The van der Waals surface area contributed by atoms with Crippen molar-refractivity contribution in [3.05, 3.63) is 46.8 Å². The van der Waals surface area contributed by atoms with Crippen LogP contribution in [0.4, 0.5) is 0 Å². The van der Waals surface area contributed by atoms with Crippen LogP contribution in [0.5, 0.6) is 23.0 Å². The van der Waals surface area contributed by atoms with Crippen LogP contribution in [0, 0.1) is 0 Å². The second-order valence-electron chi connectivity index (χ2n) is 10.1. The Hall–Kier alpha value is -3.51. The molecular formula is C28H32O15. The first kappa shape index (κ1) is 30.9. The maximum Gasteiger partial charge on any atom is 0.229 e. The van der Waals surface area contributed by atoms with Crippen molar-refractivity contribution in [1.29, 1.82) is 0 Å². The number of hydrogen-bond acceptors (Lipinski definition) is 15. The summed E-state index contributed by atoms with van der Waals surface area (Å²) >= 11 is 0. The lowest BCUT2D eigenvalue weighted by Crippen LogP contribution is -2.62. The zero-order valence-corrected chi connectivity index (χ0v) is 23.0. The molecule has 2 fully saturated rings. The maximum atomic E-state index is 13.4. The highest BCUT2D eigenvalue weighted by molar-refractivity contribution is 5.91. The average molecular weight is 609 g/mol. The van der Waals surface area contributed by atoms with Crippen LogP contribution < -0.4 is 19.6 Å². The van der Waals surface area contributed by atoms with Gasteiger partial charge < -0.3 is 68.6 Å². The summed E-state index contributed by atoms with van der Waals surface area (Å²) in [6.07, 6.45) is -10.2. The molecule has 2 aliphatic rings. The Bertz CT molecular complexity index is 1490. The van der Waals surface area contributed by atoms with E-state index in [0.29, 0.717) is 11.3 Å². The summed E-state index contributed by atoms with van der Waals surface area (Å²) in [5, 5.41) is 72.1. The van der Waals surface area contributed by atoms with Gasteiger partial charge in [-0.25, -0.2) is 0 Å². The van der Waals surface area contributed by atoms with Crippen LogP contribution in [-0.2, 0) is 14.2 Å². The van der Waals surface area contributed by atoms with Gasteiger partial charge in [-0.15, -0.1) is 0 Å². The molecule has 234 valence electrons. The first-order chi connectivity index (χ1) is 20.6. The Morgan fingerprint density at radius 3 is 2.35 bits per heavy atom. The number of aromatic hydroxyl groups is 1. The zero-order chi connectivity index (χ0) is 31.1. The van der Waals surface area contributed by atoms with Crippen LogP contribution >= 0.6 is 0 Å². The number of rotatable bonds is 9. The van der Waals surface area contributed by atoms with E-state index in [1.54, 1.807) is 24.3 Å². The van der Waals surface area contributed by atoms with E-state index >= 15 is 0 Å². The summed E-state index contributed by atoms with van der Waals surface area (Å²) in [5.74, 6) is -0.616. The molecule has 43 heavy (non-hydrogen) atoms. The SMILES string of the molecule is COc1ccc(-c2coc3cc(OC4OC(CO)C(O)C(O)C4OC4OCC(O)(CO)C4O)c(OC)c(O)c3c2=O)cc1. The molecule has 0 aliphatic carbocycles. The highest BCUT2D eigenvalue weighted by atomic mass is 16.8. The topological polar surface area (TPSA) is 227 Å². The zero-order valence-electron chi connectivity index (χ0n) is 23.0. The molecule has 0 amide bonds. The largest absolute Gasteiger partial charge is 0.504 e. The third-order valence-electron chi connectivity index (χ3n) is 7.50. The van der Waals surface area contributed by atoms with E-state index in [9.17, 15) is 40.5 Å². The monoisotopic (exact) mass is 608 g/mol. The number of aliphatic hydroxyl groups is 6. The third-order valence-corrected chi connectivity index (χ3v) is 7.50. The number of methoxy groups -OCH3 is 2. The Morgan fingerprint density at radius 2 is 1.74 bits per heavy atom. The van der Waals surface area contributed by atoms with E-state index in [4.69, 9.17) is 32.8 Å². The summed E-state index contributed by atoms with van der Waals surface area (Å²) in [6, 6.07) is 7.83. The van der Waals surface area contributed by atoms with Crippen LogP contribution in [-0.4, -0.2) is 118 Å². The lowest BCUT2D eigenvalue weighted by atomic mass is 9.98. The van der Waals surface area contributed by atoms with Crippen LogP contribution in [0.2, 0.25) is 0 Å². The van der Waals surface area contributed by atoms with Crippen LogP contribution in [0.15, 0.2) is 45.8 Å². The molecule has 5 rings (SSSR count). The Kier molecular flexibility index (Phi) is 8.80. The number of hydrogen-bond donors (Lipinski definition) is 7. The molecule has 1 aromatic heterocycles. The van der Waals surface area contributed by atoms with Gasteiger partial charge in [-0.3, -0.25) is 4.79 Å². The normalized spacial score (nSPS) is 30.8. The van der Waals surface area contributed by atoms with Gasteiger partial charge >= 0.3 is 0 Å². The predicted molar refractivity (Wildman–Crippen MR) is 144 cm³/mol. The lowest BCUT2D eigenvalue weighted by molar-refractivity contribution is -0.319. The van der Waals surface area contributed by atoms with Crippen molar-refractivity contribution in [2.75, 3.05) is 34.0 Å². The highest BCUT2D eigenvalue weighted by Gasteiger charge is 2.53. The molecule has 2 aromatic carbocycles. The average Bonchev–Trinajstić information content (AvgIpc) is 3.30. The van der Waals surface area contributed by atoms with Crippen LogP contribution in [0.1, 0.15) is 0 Å². The van der Waals surface area contributed by atoms with E-state index in [1.165, 1.54) is 26.5 Å². The van der Waals surface area contributed by atoms with Crippen molar-refractivity contribution >= 4 is 11.0 Å². The first-order valence-electron chi connectivity index (χ1n) is 13.1. The molecule has 2 saturated heterocycles. The van der Waals surface area contributed by atoms with Crippen molar-refractivity contribution in [2.24, 2.45) is 0 Å². The minimum absolute atomic E-state index is 0.106. The standard InChI is InChI=1S/C28H32O15/c1-37-13-5-3-12(4-6-13)14-9-39-15-7-16(23(38-2)21(33)18(15)19(14)31)41-26-24(22(34)20(32)17(8-29)42-26)43-27-25(35)28(36,10-30)11-40-27/h3-7,9,17,20,22,24-27,29-30,32-36H,8,10-11H2,1-2H3. The van der Waals surface area contributed by atoms with Gasteiger partial charge in [0.2, 0.25) is 17.5 Å². The van der Waals surface area contributed by atoms with E-state index in [-0.39, 0.29) is 28.0 Å². The summed E-state index contributed by atoms with van der Waals surface area (Å²) in [5.41, 5.74) is -2.09. The number of benzene rings is 2. The summed E-state index contributed by atoms with van der Waals surface area (Å²) in [7, 11) is 2.71. The number of aliphatic hydroxyl groups excluding tert-OH is 5. The van der Waals surface area contributed by atoms with E-state index in [2.05, 4.69) is 0 Å². The number of ether oxygens (including phenoxy) is 6. The highest BCUT2D eigenvalue weighted by Crippen LogP contribution is 2.44. The van der Waals surface area contributed by atoms with Gasteiger partial charge in [0.15, 0.2) is 23.9 Å². The summed E-state index contributed by atoms with van der Waals surface area (Å²) in [6.45, 7) is -2.09. The quantitative estimate of drug-likeness (QED) is 0.152. The van der Waals surface area contributed by atoms with E-state index in [1.807, 2.05) is 0 Å². The second kappa shape index (κ2) is 12.2. The summed E-state index contributed by atoms with van der Waals surface area (Å²) < 4.78 is 38.6. The molecule has 7 N–H and O–H groups in total. The fourth-order valence-corrected chi connectivity index (χ4v) is 4.97. The van der Waals surface area contributed by atoms with Gasteiger partial charge in [0.25, 0.3) is 0 Å². The minimum Gasteiger partial charge on any atom is -0.504 e. The minimum atomic E-state index is -2.05. The Balaban J connectivity index is 1.51. The molecular weight excluding hydrogens is 576 g/mol. The third kappa shape index (κ3) is 5.50. The predicted octanol–water partition coefficient (Wildman–Crippen LogP) is -1.17. The molecule has 8 unspecified atom stereocenters. The van der Waals surface area contributed by atoms with Gasteiger partial charge in [0, 0.05) is 6.07 Å². The number of fused-ring (bicyclic) bond motifs is 1. The molecule has 3 aromatic rings. The number of phenols is 1. The Labute approximate surface area is 243 Å². The fourth-order valence-electron chi connectivity index (χ4n) is 4.97. The summed E-state index contributed by atoms with van der Waals surface area (Å²) in [4.78, 5) is 13.4. The van der Waals surface area contributed by atoms with Gasteiger partial charge in [-0.05, 0) is 17.7 Å². The molecule has 0 bridgehead atoms. The lowest BCUT2D eigenvalue weighted by Gasteiger charge is -2.42. The van der Waals surface area contributed by atoms with Crippen molar-refractivity contribution in [1.82, 2.24) is 0 Å². The Morgan fingerprint density at radius 1 is 1.02 bits per heavy atom. The van der Waals surface area contributed by atoms with E-state index < -0.39 is 79.7 Å². The van der Waals surface area contributed by atoms with Crippen LogP contribution in [0.3, 0.4) is 0 Å². The molecule has 15 heteroatoms. The molecule has 8 atom stereocenters. The molecule has 0 radical (unpaired) electrons. The maximum absolute atomic E-state index is 13.4. The van der Waals surface area contributed by atoms with E-state index in [0.717, 1.165) is 0 Å². The van der Waals surface area contributed by atoms with Crippen molar-refractivity contribution < 1.29 is 68.6 Å². The fraction of sp³-hybridized carbons (Fsp3) is 0.464. The van der Waals surface area contributed by atoms with Crippen molar-refractivity contribution in [3.8, 4) is 34.1 Å². The molecule has 0 spiro atoms. The second-order valence-corrected chi connectivity index (χ2v) is 10.1. The molecule has 0 saturated carbocycles. The van der Waals surface area contributed by atoms with Gasteiger partial charge in [-0.2, -0.15) is 0 Å². The number of phenolic OH excluding ortho intramolecular Hbond substituents is 1. The van der Waals surface area contributed by atoms with Crippen molar-refractivity contribution in [2.45, 2.75) is 48.7 Å². The van der Waals surface area contributed by atoms with Crippen LogP contribution in [0.25, 0.3) is 22.1 Å².